The van der Waals surface area contributed by atoms with E-state index in [-0.39, 0.29) is 24.9 Å². The zero-order chi connectivity index (χ0) is 30.0. The summed E-state index contributed by atoms with van der Waals surface area (Å²) in [5.41, 5.74) is -1.46. The molecule has 0 radical (unpaired) electrons. The van der Waals surface area contributed by atoms with Crippen molar-refractivity contribution in [2.45, 2.75) is 99.6 Å². The zero-order valence-corrected chi connectivity index (χ0v) is 26.5. The molecule has 218 valence electrons. The summed E-state index contributed by atoms with van der Waals surface area (Å²) >= 11 is 0. The molecular formula is C29H46N3O6P. The van der Waals surface area contributed by atoms with Gasteiger partial charge in [0.2, 0.25) is 0 Å². The molecular weight excluding hydrogens is 517 g/mol. The number of aromatic nitrogens is 2. The van der Waals surface area contributed by atoms with Crippen LogP contribution in [0.15, 0.2) is 35.1 Å². The first-order valence-corrected chi connectivity index (χ1v) is 14.9. The standard InChI is InChI=1S/C29H46N3O6P/c1-13-36-39(35,37-14-2)28(10,11)38-29(12,26(5,6)7)27(8,9)32-21(4)20(3)23(31-25(32)34)30-24(33)22-18-16-15-17-19-22/h15-19H,13-14H2,1-12H3,(H,30,31,33,34)/t29-/m1/s1. The second kappa shape index (κ2) is 11.7. The maximum atomic E-state index is 13.9. The lowest BCUT2D eigenvalue weighted by atomic mass is 9.66. The van der Waals surface area contributed by atoms with Crippen molar-refractivity contribution < 1.29 is 23.1 Å². The van der Waals surface area contributed by atoms with Crippen LogP contribution in [0.3, 0.4) is 0 Å². The van der Waals surface area contributed by atoms with Crippen molar-refractivity contribution >= 4 is 19.3 Å². The van der Waals surface area contributed by atoms with E-state index in [2.05, 4.69) is 10.3 Å². The molecule has 2 aromatic rings. The summed E-state index contributed by atoms with van der Waals surface area (Å²) in [4.78, 5) is 30.7. The summed E-state index contributed by atoms with van der Waals surface area (Å²) in [6.07, 6.45) is 0. The smallest absolute Gasteiger partial charge is 0.354 e. The van der Waals surface area contributed by atoms with Gasteiger partial charge in [-0.3, -0.25) is 13.9 Å². The van der Waals surface area contributed by atoms with Gasteiger partial charge in [0, 0.05) is 16.8 Å². The summed E-state index contributed by atoms with van der Waals surface area (Å²) in [6, 6.07) is 8.75. The molecule has 0 bridgehead atoms. The van der Waals surface area contributed by atoms with Gasteiger partial charge in [0.15, 0.2) is 5.34 Å². The first-order chi connectivity index (χ1) is 17.8. The average molecular weight is 564 g/mol. The van der Waals surface area contributed by atoms with E-state index in [1.807, 2.05) is 61.5 Å². The number of carbonyl (C=O) groups is 1. The normalized spacial score (nSPS) is 14.7. The Kier molecular flexibility index (Phi) is 9.83. The van der Waals surface area contributed by atoms with Crippen LogP contribution in [0.4, 0.5) is 5.82 Å². The molecule has 39 heavy (non-hydrogen) atoms. The molecule has 0 aliphatic heterocycles. The second-order valence-corrected chi connectivity index (χ2v) is 14.4. The molecule has 2 rings (SSSR count). The SMILES string of the molecule is CCOP(=O)(OCC)C(C)(C)O[C@](C)(C(C)(C)C)C(C)(C)n1c(C)c(C)c(NC(=O)c2ccccc2)nc1=O. The first-order valence-electron chi connectivity index (χ1n) is 13.4. The molecule has 0 fully saturated rings. The highest BCUT2D eigenvalue weighted by Gasteiger charge is 2.59. The van der Waals surface area contributed by atoms with Crippen LogP contribution in [-0.2, 0) is 23.9 Å². The van der Waals surface area contributed by atoms with Crippen molar-refractivity contribution in [1.29, 1.82) is 0 Å². The van der Waals surface area contributed by atoms with Gasteiger partial charge in [-0.25, -0.2) is 4.79 Å². The highest BCUT2D eigenvalue weighted by atomic mass is 31.2. The van der Waals surface area contributed by atoms with Gasteiger partial charge in [-0.15, -0.1) is 0 Å². The Balaban J connectivity index is 2.67. The number of rotatable bonds is 11. The van der Waals surface area contributed by atoms with Crippen LogP contribution in [-0.4, -0.2) is 39.6 Å². The molecule has 1 atom stereocenters. The van der Waals surface area contributed by atoms with E-state index < -0.39 is 35.2 Å². The number of hydrogen-bond donors (Lipinski definition) is 1. The van der Waals surface area contributed by atoms with Crippen molar-refractivity contribution in [2.24, 2.45) is 5.41 Å². The van der Waals surface area contributed by atoms with Gasteiger partial charge in [-0.05, 0) is 79.9 Å². The Morgan fingerprint density at radius 2 is 1.46 bits per heavy atom. The van der Waals surface area contributed by atoms with Crippen molar-refractivity contribution in [1.82, 2.24) is 9.55 Å². The number of nitrogens with one attached hydrogen (secondary N) is 1. The summed E-state index contributed by atoms with van der Waals surface area (Å²) in [5, 5.41) is 1.43. The third-order valence-corrected chi connectivity index (χ3v) is 10.4. The Labute approximate surface area is 233 Å². The molecule has 0 aliphatic carbocycles. The third-order valence-electron chi connectivity index (χ3n) is 7.77. The molecule has 0 unspecified atom stereocenters. The molecule has 1 heterocycles. The molecule has 1 amide bonds. The molecule has 0 saturated carbocycles. The number of hydrogen-bond acceptors (Lipinski definition) is 7. The first kappa shape index (κ1) is 32.9. The Morgan fingerprint density at radius 1 is 0.949 bits per heavy atom. The summed E-state index contributed by atoms with van der Waals surface area (Å²) < 4.78 is 33.6. The molecule has 0 spiro atoms. The van der Waals surface area contributed by atoms with E-state index in [0.717, 1.165) is 0 Å². The van der Waals surface area contributed by atoms with Crippen LogP contribution in [0, 0.1) is 19.3 Å². The predicted octanol–water partition coefficient (Wildman–Crippen LogP) is 6.67. The number of anilines is 1. The summed E-state index contributed by atoms with van der Waals surface area (Å²) in [6.45, 7) is 22.6. The molecule has 1 aromatic heterocycles. The Bertz CT molecular complexity index is 1270. The molecule has 1 N–H and O–H groups in total. The van der Waals surface area contributed by atoms with Crippen molar-refractivity contribution in [2.75, 3.05) is 18.5 Å². The van der Waals surface area contributed by atoms with Crippen molar-refractivity contribution in [3.63, 3.8) is 0 Å². The number of ether oxygens (including phenoxy) is 1. The van der Waals surface area contributed by atoms with E-state index in [4.69, 9.17) is 13.8 Å². The molecule has 9 nitrogen and oxygen atoms in total. The second-order valence-electron chi connectivity index (χ2n) is 11.8. The maximum Gasteiger partial charge on any atom is 0.361 e. The highest BCUT2D eigenvalue weighted by Crippen LogP contribution is 2.63. The fraction of sp³-hybridized carbons (Fsp3) is 0.621. The van der Waals surface area contributed by atoms with E-state index in [9.17, 15) is 14.2 Å². The van der Waals surface area contributed by atoms with E-state index in [1.54, 1.807) is 56.5 Å². The number of amides is 1. The van der Waals surface area contributed by atoms with E-state index in [0.29, 0.717) is 16.8 Å². The maximum absolute atomic E-state index is 13.9. The minimum absolute atomic E-state index is 0.192. The van der Waals surface area contributed by atoms with E-state index >= 15 is 0 Å². The zero-order valence-electron chi connectivity index (χ0n) is 25.6. The van der Waals surface area contributed by atoms with E-state index in [1.165, 1.54) is 0 Å². The largest absolute Gasteiger partial charge is 0.361 e. The van der Waals surface area contributed by atoms with Crippen molar-refractivity contribution in [3.05, 3.63) is 57.6 Å². The van der Waals surface area contributed by atoms with Crippen LogP contribution >= 0.6 is 7.60 Å². The van der Waals surface area contributed by atoms with Crippen LogP contribution in [0.2, 0.25) is 0 Å². The number of carbonyl (C=O) groups excluding carboxylic acids is 1. The minimum atomic E-state index is -3.71. The third kappa shape index (κ3) is 6.22. The van der Waals surface area contributed by atoms with Gasteiger partial charge < -0.3 is 19.1 Å². The average Bonchev–Trinajstić information content (AvgIpc) is 2.81. The molecule has 1 aromatic carbocycles. The summed E-state index contributed by atoms with van der Waals surface area (Å²) in [7, 11) is -3.71. The fourth-order valence-corrected chi connectivity index (χ4v) is 6.58. The van der Waals surface area contributed by atoms with Crippen molar-refractivity contribution in [3.8, 4) is 0 Å². The van der Waals surface area contributed by atoms with Gasteiger partial charge in [0.05, 0.1) is 24.4 Å². The lowest BCUT2D eigenvalue weighted by molar-refractivity contribution is -0.208. The topological polar surface area (TPSA) is 109 Å². The van der Waals surface area contributed by atoms with Crippen LogP contribution < -0.4 is 11.0 Å². The fourth-order valence-electron chi connectivity index (χ4n) is 4.91. The van der Waals surface area contributed by atoms with Gasteiger partial charge >= 0.3 is 13.3 Å². The van der Waals surface area contributed by atoms with Crippen LogP contribution in [0.1, 0.15) is 90.9 Å². The van der Waals surface area contributed by atoms with Gasteiger partial charge in [0.1, 0.15) is 5.82 Å². The Morgan fingerprint density at radius 3 is 1.92 bits per heavy atom. The molecule has 0 saturated heterocycles. The van der Waals surface area contributed by atoms with Gasteiger partial charge in [-0.2, -0.15) is 4.98 Å². The van der Waals surface area contributed by atoms with Crippen LogP contribution in [0.5, 0.6) is 0 Å². The number of benzene rings is 1. The van der Waals surface area contributed by atoms with Gasteiger partial charge in [0.25, 0.3) is 5.91 Å². The highest BCUT2D eigenvalue weighted by molar-refractivity contribution is 7.55. The van der Waals surface area contributed by atoms with Gasteiger partial charge in [-0.1, -0.05) is 39.0 Å². The molecule has 0 aliphatic rings. The summed E-state index contributed by atoms with van der Waals surface area (Å²) in [5.74, 6) is -0.150. The predicted molar refractivity (Wildman–Crippen MR) is 156 cm³/mol. The lowest BCUT2D eigenvalue weighted by Crippen LogP contribution is -2.64. The van der Waals surface area contributed by atoms with Crippen LogP contribution in [0.25, 0.3) is 0 Å². The lowest BCUT2D eigenvalue weighted by Gasteiger charge is -2.56. The quantitative estimate of drug-likeness (QED) is 0.304. The number of nitrogens with zero attached hydrogens (tertiary/aromatic N) is 2. The molecule has 10 heteroatoms. The Hall–Kier alpha value is -2.32. The monoisotopic (exact) mass is 563 g/mol. The minimum Gasteiger partial charge on any atom is -0.354 e.